The molecule has 4 nitrogen and oxygen atoms in total. The second kappa shape index (κ2) is 14.0. The number of nitrogens with zero attached hydrogens (tertiary/aromatic N) is 2. The Hall–Kier alpha value is -3.57. The number of allylic oxidation sites excluding steroid dienone is 2. The summed E-state index contributed by atoms with van der Waals surface area (Å²) in [6, 6.07) is 18.2. The second-order valence-corrected chi connectivity index (χ2v) is 15.3. The number of aryl methyl sites for hydroxylation is 4. The zero-order chi connectivity index (χ0) is 32.3. The molecule has 6 rings (SSSR count). The van der Waals surface area contributed by atoms with Crippen molar-refractivity contribution in [2.75, 3.05) is 25.0 Å². The third-order valence-corrected chi connectivity index (χ3v) is 11.9. The van der Waals surface area contributed by atoms with Gasteiger partial charge in [-0.1, -0.05) is 63.6 Å². The molecule has 3 aliphatic rings. The first-order valence-electron chi connectivity index (χ1n) is 17.5. The second-order valence-electron chi connectivity index (χ2n) is 13.4. The average molecular weight is 635 g/mol. The van der Waals surface area contributed by atoms with E-state index < -0.39 is 10.0 Å². The van der Waals surface area contributed by atoms with E-state index in [4.69, 9.17) is 0 Å². The smallest absolute Gasteiger partial charge is 0.264 e. The first kappa shape index (κ1) is 32.4. The lowest BCUT2D eigenvalue weighted by Gasteiger charge is -2.37. The molecule has 242 valence electrons. The predicted octanol–water partition coefficient (Wildman–Crippen LogP) is 7.71. The van der Waals surface area contributed by atoms with Crippen LogP contribution in [0, 0.1) is 0 Å². The SMILES string of the molecule is C=c1c(CCCC)cc(=CC2=C(N(C)S(=O)(=O)c3ccccc3)/C(=C/c3cc4c5c(c3)CCCN5CCC4)CC2)cc1CCCC. The van der Waals surface area contributed by atoms with Gasteiger partial charge in [-0.25, -0.2) is 8.42 Å². The summed E-state index contributed by atoms with van der Waals surface area (Å²) < 4.78 is 29.7. The molecule has 0 N–H and O–H groups in total. The minimum atomic E-state index is -3.75. The maximum Gasteiger partial charge on any atom is 0.264 e. The van der Waals surface area contributed by atoms with Crippen LogP contribution in [-0.2, 0) is 35.7 Å². The van der Waals surface area contributed by atoms with Crippen LogP contribution >= 0.6 is 0 Å². The summed E-state index contributed by atoms with van der Waals surface area (Å²) in [5.74, 6) is 0. The quantitative estimate of drug-likeness (QED) is 0.217. The van der Waals surface area contributed by atoms with Crippen LogP contribution < -0.4 is 15.3 Å². The van der Waals surface area contributed by atoms with Gasteiger partial charge in [0.2, 0.25) is 0 Å². The lowest BCUT2D eigenvalue weighted by molar-refractivity contribution is 0.527. The molecule has 0 amide bonds. The number of hydrogen-bond acceptors (Lipinski definition) is 3. The molecule has 46 heavy (non-hydrogen) atoms. The number of likely N-dealkylation sites (N-methyl/N-ethyl adjacent to an activating group) is 1. The van der Waals surface area contributed by atoms with Gasteiger partial charge in [-0.2, -0.15) is 0 Å². The molecule has 1 aliphatic carbocycles. The van der Waals surface area contributed by atoms with E-state index in [9.17, 15) is 8.42 Å². The van der Waals surface area contributed by atoms with Crippen molar-refractivity contribution in [1.29, 1.82) is 0 Å². The Morgan fingerprint density at radius 3 is 2.02 bits per heavy atom. The molecule has 0 saturated heterocycles. The predicted molar refractivity (Wildman–Crippen MR) is 194 cm³/mol. The monoisotopic (exact) mass is 634 g/mol. The average Bonchev–Trinajstić information content (AvgIpc) is 3.45. The van der Waals surface area contributed by atoms with Crippen LogP contribution in [0.25, 0.3) is 18.7 Å². The summed E-state index contributed by atoms with van der Waals surface area (Å²) in [6.07, 6.45) is 17.4. The van der Waals surface area contributed by atoms with Crippen molar-refractivity contribution in [3.05, 3.63) is 110 Å². The Kier molecular flexibility index (Phi) is 9.89. The van der Waals surface area contributed by atoms with Gasteiger partial charge in [0.25, 0.3) is 10.0 Å². The fraction of sp³-hybridized carbons (Fsp3) is 0.415. The number of sulfonamides is 1. The van der Waals surface area contributed by atoms with E-state index in [1.165, 1.54) is 51.6 Å². The highest BCUT2D eigenvalue weighted by Crippen LogP contribution is 2.40. The largest absolute Gasteiger partial charge is 0.371 e. The number of anilines is 1. The van der Waals surface area contributed by atoms with Gasteiger partial charge in [0.05, 0.1) is 10.6 Å². The summed E-state index contributed by atoms with van der Waals surface area (Å²) in [5, 5.41) is 2.33. The Bertz CT molecular complexity index is 1800. The Labute approximate surface area is 276 Å². The van der Waals surface area contributed by atoms with Gasteiger partial charge in [0, 0.05) is 25.8 Å². The van der Waals surface area contributed by atoms with Crippen molar-refractivity contribution < 1.29 is 8.42 Å². The molecule has 0 fully saturated rings. The van der Waals surface area contributed by atoms with Gasteiger partial charge < -0.3 is 4.90 Å². The summed E-state index contributed by atoms with van der Waals surface area (Å²) in [7, 11) is -2.01. The van der Waals surface area contributed by atoms with Crippen LogP contribution in [-0.4, -0.2) is 32.9 Å². The Balaban J connectivity index is 1.50. The fourth-order valence-corrected chi connectivity index (χ4v) is 8.97. The zero-order valence-corrected chi connectivity index (χ0v) is 28.9. The first-order valence-corrected chi connectivity index (χ1v) is 19.0. The number of hydrogen-bond donors (Lipinski definition) is 0. The van der Waals surface area contributed by atoms with Crippen molar-refractivity contribution in [2.24, 2.45) is 0 Å². The Morgan fingerprint density at radius 2 is 1.43 bits per heavy atom. The molecule has 0 saturated carbocycles. The minimum Gasteiger partial charge on any atom is -0.371 e. The maximum absolute atomic E-state index is 14.1. The minimum absolute atomic E-state index is 0.319. The van der Waals surface area contributed by atoms with E-state index in [0.717, 1.165) is 99.4 Å². The summed E-state index contributed by atoms with van der Waals surface area (Å²) in [4.78, 5) is 2.89. The molecule has 2 heterocycles. The van der Waals surface area contributed by atoms with Crippen molar-refractivity contribution in [3.8, 4) is 0 Å². The summed E-state index contributed by atoms with van der Waals surface area (Å²) >= 11 is 0. The molecule has 3 aromatic carbocycles. The van der Waals surface area contributed by atoms with Gasteiger partial charge in [0.1, 0.15) is 0 Å². The van der Waals surface area contributed by atoms with Gasteiger partial charge in [-0.05, 0) is 150 Å². The fourth-order valence-electron chi connectivity index (χ4n) is 7.67. The van der Waals surface area contributed by atoms with Gasteiger partial charge in [0.15, 0.2) is 0 Å². The van der Waals surface area contributed by atoms with Crippen LogP contribution in [0.4, 0.5) is 5.69 Å². The topological polar surface area (TPSA) is 40.6 Å². The lowest BCUT2D eigenvalue weighted by Crippen LogP contribution is -2.34. The van der Waals surface area contributed by atoms with Crippen molar-refractivity contribution in [2.45, 2.75) is 95.8 Å². The molecule has 0 aromatic heterocycles. The highest BCUT2D eigenvalue weighted by molar-refractivity contribution is 7.89. The molecule has 0 unspecified atom stereocenters. The zero-order valence-electron chi connectivity index (χ0n) is 28.1. The normalized spacial score (nSPS) is 17.0. The van der Waals surface area contributed by atoms with Crippen LogP contribution in [0.1, 0.15) is 93.0 Å². The van der Waals surface area contributed by atoms with Crippen molar-refractivity contribution in [3.63, 3.8) is 0 Å². The van der Waals surface area contributed by atoms with E-state index >= 15 is 0 Å². The molecule has 0 bridgehead atoms. The van der Waals surface area contributed by atoms with Crippen molar-refractivity contribution >= 4 is 34.4 Å². The third-order valence-electron chi connectivity index (χ3n) is 10.1. The highest BCUT2D eigenvalue weighted by Gasteiger charge is 2.31. The molecule has 5 heteroatoms. The van der Waals surface area contributed by atoms with E-state index in [-0.39, 0.29) is 0 Å². The lowest BCUT2D eigenvalue weighted by atomic mass is 9.89. The molecule has 0 radical (unpaired) electrons. The third kappa shape index (κ3) is 6.62. The molecular weight excluding hydrogens is 585 g/mol. The molecule has 3 aromatic rings. The molecule has 0 spiro atoms. The van der Waals surface area contributed by atoms with Crippen LogP contribution in [0.5, 0.6) is 0 Å². The Morgan fingerprint density at radius 1 is 0.826 bits per heavy atom. The van der Waals surface area contributed by atoms with Gasteiger partial charge >= 0.3 is 0 Å². The van der Waals surface area contributed by atoms with Crippen LogP contribution in [0.2, 0.25) is 0 Å². The highest BCUT2D eigenvalue weighted by atomic mass is 32.2. The van der Waals surface area contributed by atoms with E-state index in [2.05, 4.69) is 61.7 Å². The van der Waals surface area contributed by atoms with E-state index in [1.54, 1.807) is 35.6 Å². The molecule has 2 aliphatic heterocycles. The number of rotatable bonds is 11. The first-order chi connectivity index (χ1) is 22.3. The maximum atomic E-state index is 14.1. The summed E-state index contributed by atoms with van der Waals surface area (Å²) in [5.41, 5.74) is 11.2. The van der Waals surface area contributed by atoms with E-state index in [0.29, 0.717) is 4.90 Å². The van der Waals surface area contributed by atoms with E-state index in [1.807, 2.05) is 6.07 Å². The van der Waals surface area contributed by atoms with Crippen molar-refractivity contribution in [1.82, 2.24) is 4.31 Å². The van der Waals surface area contributed by atoms with Crippen LogP contribution in [0.3, 0.4) is 0 Å². The molecule has 0 atom stereocenters. The number of unbranched alkanes of at least 4 members (excludes halogenated alkanes) is 2. The van der Waals surface area contributed by atoms with Crippen LogP contribution in [0.15, 0.2) is 76.3 Å². The molecular formula is C41H50N2O2S. The standard InChI is InChI=1S/C41H50N2O2S/c1-5-7-14-33-24-31(25-34(30(33)3)15-8-6-2)28-37-20-21-38(40(37)42(4)46(44,45)39-18-10-9-11-19-39)29-32-26-35-16-12-22-43-23-13-17-36(27-32)41(35)43/h9-11,18-19,24-29H,3,5-8,12-17,20-23H2,1-2,4H3/b38-29+. The number of benzene rings is 3. The van der Waals surface area contributed by atoms with Gasteiger partial charge in [-0.15, -0.1) is 0 Å². The summed E-state index contributed by atoms with van der Waals surface area (Å²) in [6.45, 7) is 11.3. The van der Waals surface area contributed by atoms with Gasteiger partial charge in [-0.3, -0.25) is 4.31 Å².